The third-order valence-corrected chi connectivity index (χ3v) is 3.91. The summed E-state index contributed by atoms with van der Waals surface area (Å²) in [6, 6.07) is 10.2. The monoisotopic (exact) mass is 300 g/mol. The van der Waals surface area contributed by atoms with Crippen LogP contribution in [0.15, 0.2) is 36.5 Å². The first-order valence-electron chi connectivity index (χ1n) is 6.99. The van der Waals surface area contributed by atoms with Crippen LogP contribution in [-0.2, 0) is 13.1 Å². The molecule has 0 saturated heterocycles. The summed E-state index contributed by atoms with van der Waals surface area (Å²) in [6.07, 6.45) is 1.74. The van der Waals surface area contributed by atoms with Crippen LogP contribution < -0.4 is 5.32 Å². The zero-order chi connectivity index (χ0) is 14.8. The van der Waals surface area contributed by atoms with Crippen LogP contribution in [-0.4, -0.2) is 14.5 Å². The predicted molar refractivity (Wildman–Crippen MR) is 86.7 cm³/mol. The fourth-order valence-corrected chi connectivity index (χ4v) is 2.55. The average molecular weight is 301 g/mol. The normalized spacial score (nSPS) is 11.0. The van der Waals surface area contributed by atoms with Crippen LogP contribution in [0, 0.1) is 6.92 Å². The van der Waals surface area contributed by atoms with E-state index in [9.17, 15) is 0 Å². The molecular formula is C16H17ClN4. The number of imidazole rings is 1. The Hall–Kier alpha value is -2.07. The SMILES string of the molecule is CCn1c(CNc2cnc(Cl)c(C)c2)nc2ccccc21. The molecule has 0 fully saturated rings. The minimum Gasteiger partial charge on any atom is -0.377 e. The highest BCUT2D eigenvalue weighted by molar-refractivity contribution is 6.30. The molecule has 0 radical (unpaired) electrons. The van der Waals surface area contributed by atoms with Gasteiger partial charge >= 0.3 is 0 Å². The van der Waals surface area contributed by atoms with E-state index in [-0.39, 0.29) is 0 Å². The second-order valence-corrected chi connectivity index (χ2v) is 5.30. The fraction of sp³-hybridized carbons (Fsp3) is 0.250. The van der Waals surface area contributed by atoms with Gasteiger partial charge in [-0.3, -0.25) is 0 Å². The fourth-order valence-electron chi connectivity index (χ4n) is 2.45. The molecule has 2 heterocycles. The Bertz CT molecular complexity index is 779. The van der Waals surface area contributed by atoms with E-state index in [1.807, 2.05) is 31.2 Å². The summed E-state index contributed by atoms with van der Waals surface area (Å²) < 4.78 is 2.22. The number of rotatable bonds is 4. The van der Waals surface area contributed by atoms with Crippen molar-refractivity contribution in [3.63, 3.8) is 0 Å². The van der Waals surface area contributed by atoms with Gasteiger partial charge in [0.05, 0.1) is 29.5 Å². The summed E-state index contributed by atoms with van der Waals surface area (Å²) in [6.45, 7) is 5.63. The zero-order valence-electron chi connectivity index (χ0n) is 12.1. The Kier molecular flexibility index (Phi) is 3.80. The molecule has 3 rings (SSSR count). The van der Waals surface area contributed by atoms with Gasteiger partial charge in [-0.1, -0.05) is 23.7 Å². The lowest BCUT2D eigenvalue weighted by Crippen LogP contribution is -2.08. The Morgan fingerprint density at radius 3 is 2.86 bits per heavy atom. The summed E-state index contributed by atoms with van der Waals surface area (Å²) >= 11 is 5.94. The van der Waals surface area contributed by atoms with Crippen LogP contribution in [0.2, 0.25) is 5.15 Å². The Morgan fingerprint density at radius 2 is 2.10 bits per heavy atom. The smallest absolute Gasteiger partial charge is 0.132 e. The minimum absolute atomic E-state index is 0.543. The Balaban J connectivity index is 1.86. The number of nitrogens with one attached hydrogen (secondary N) is 1. The number of aromatic nitrogens is 3. The highest BCUT2D eigenvalue weighted by Gasteiger charge is 2.08. The molecule has 0 bridgehead atoms. The molecule has 5 heteroatoms. The number of anilines is 1. The first kappa shape index (κ1) is 13.9. The molecule has 0 aliphatic rings. The predicted octanol–water partition coefficient (Wildman–Crippen LogP) is 4.03. The first-order chi connectivity index (χ1) is 10.2. The maximum atomic E-state index is 5.94. The quantitative estimate of drug-likeness (QED) is 0.740. The van der Waals surface area contributed by atoms with Crippen molar-refractivity contribution in [1.29, 1.82) is 0 Å². The third kappa shape index (κ3) is 2.72. The van der Waals surface area contributed by atoms with E-state index in [1.54, 1.807) is 6.20 Å². The number of hydrogen-bond donors (Lipinski definition) is 1. The van der Waals surface area contributed by atoms with E-state index < -0.39 is 0 Å². The molecule has 3 aromatic rings. The van der Waals surface area contributed by atoms with Crippen molar-refractivity contribution in [2.45, 2.75) is 26.9 Å². The molecule has 0 spiro atoms. The molecule has 1 N–H and O–H groups in total. The van der Waals surface area contributed by atoms with Crippen molar-refractivity contribution >= 4 is 28.3 Å². The number of fused-ring (bicyclic) bond motifs is 1. The lowest BCUT2D eigenvalue weighted by molar-refractivity contribution is 0.728. The number of pyridine rings is 1. The van der Waals surface area contributed by atoms with Gasteiger partial charge in [0.1, 0.15) is 11.0 Å². The number of para-hydroxylation sites is 2. The highest BCUT2D eigenvalue weighted by atomic mass is 35.5. The van der Waals surface area contributed by atoms with E-state index in [0.717, 1.165) is 29.1 Å². The van der Waals surface area contributed by atoms with Crippen LogP contribution in [0.1, 0.15) is 18.3 Å². The van der Waals surface area contributed by atoms with Crippen LogP contribution >= 0.6 is 11.6 Å². The molecule has 0 aliphatic carbocycles. The molecule has 108 valence electrons. The van der Waals surface area contributed by atoms with Gasteiger partial charge < -0.3 is 9.88 Å². The van der Waals surface area contributed by atoms with E-state index in [1.165, 1.54) is 5.52 Å². The van der Waals surface area contributed by atoms with E-state index >= 15 is 0 Å². The van der Waals surface area contributed by atoms with Gasteiger partial charge in [0, 0.05) is 6.54 Å². The van der Waals surface area contributed by atoms with Crippen molar-refractivity contribution in [2.75, 3.05) is 5.32 Å². The number of halogens is 1. The molecule has 0 saturated carbocycles. The molecular weight excluding hydrogens is 284 g/mol. The van der Waals surface area contributed by atoms with Crippen LogP contribution in [0.4, 0.5) is 5.69 Å². The second kappa shape index (κ2) is 5.74. The molecule has 0 atom stereocenters. The molecule has 0 aliphatic heterocycles. The van der Waals surface area contributed by atoms with E-state index in [2.05, 4.69) is 27.9 Å². The average Bonchev–Trinajstić information content (AvgIpc) is 2.86. The van der Waals surface area contributed by atoms with Crippen molar-refractivity contribution in [3.05, 3.63) is 53.1 Å². The largest absolute Gasteiger partial charge is 0.377 e. The van der Waals surface area contributed by atoms with Gasteiger partial charge in [-0.25, -0.2) is 9.97 Å². The first-order valence-corrected chi connectivity index (χ1v) is 7.37. The van der Waals surface area contributed by atoms with Crippen LogP contribution in [0.25, 0.3) is 11.0 Å². The zero-order valence-corrected chi connectivity index (χ0v) is 12.9. The van der Waals surface area contributed by atoms with Gasteiger partial charge in [-0.05, 0) is 37.6 Å². The minimum atomic E-state index is 0.543. The number of aryl methyl sites for hydroxylation is 2. The van der Waals surface area contributed by atoms with Gasteiger partial charge in [-0.2, -0.15) is 0 Å². The van der Waals surface area contributed by atoms with E-state index in [0.29, 0.717) is 11.7 Å². The third-order valence-electron chi connectivity index (χ3n) is 3.51. The number of benzene rings is 1. The van der Waals surface area contributed by atoms with Crippen LogP contribution in [0.5, 0.6) is 0 Å². The Labute approximate surface area is 128 Å². The number of nitrogens with zero attached hydrogens (tertiary/aromatic N) is 3. The molecule has 0 unspecified atom stereocenters. The van der Waals surface area contributed by atoms with Crippen molar-refractivity contribution < 1.29 is 0 Å². The summed E-state index contributed by atoms with van der Waals surface area (Å²) in [4.78, 5) is 8.84. The molecule has 1 aromatic carbocycles. The maximum absolute atomic E-state index is 5.94. The molecule has 0 amide bonds. The second-order valence-electron chi connectivity index (χ2n) is 4.95. The molecule has 2 aromatic heterocycles. The van der Waals surface area contributed by atoms with Gasteiger partial charge in [0.2, 0.25) is 0 Å². The highest BCUT2D eigenvalue weighted by Crippen LogP contribution is 2.19. The van der Waals surface area contributed by atoms with Crippen LogP contribution in [0.3, 0.4) is 0 Å². The topological polar surface area (TPSA) is 42.7 Å². The summed E-state index contributed by atoms with van der Waals surface area (Å²) in [5.41, 5.74) is 4.11. The van der Waals surface area contributed by atoms with Gasteiger partial charge in [0.25, 0.3) is 0 Å². The molecule has 21 heavy (non-hydrogen) atoms. The summed E-state index contributed by atoms with van der Waals surface area (Å²) in [7, 11) is 0. The lowest BCUT2D eigenvalue weighted by atomic mass is 10.3. The standard InChI is InChI=1S/C16H17ClN4/c1-3-21-14-7-5-4-6-13(14)20-15(21)10-18-12-8-11(2)16(17)19-9-12/h4-9,18H,3,10H2,1-2H3. The maximum Gasteiger partial charge on any atom is 0.132 e. The summed E-state index contributed by atoms with van der Waals surface area (Å²) in [5.74, 6) is 1.02. The van der Waals surface area contributed by atoms with Crippen molar-refractivity contribution in [3.8, 4) is 0 Å². The van der Waals surface area contributed by atoms with E-state index in [4.69, 9.17) is 16.6 Å². The number of hydrogen-bond acceptors (Lipinski definition) is 3. The molecule has 4 nitrogen and oxygen atoms in total. The lowest BCUT2D eigenvalue weighted by Gasteiger charge is -2.09. The Morgan fingerprint density at radius 1 is 1.29 bits per heavy atom. The summed E-state index contributed by atoms with van der Waals surface area (Å²) in [5, 5.41) is 3.90. The van der Waals surface area contributed by atoms with Gasteiger partial charge in [-0.15, -0.1) is 0 Å². The van der Waals surface area contributed by atoms with Crippen molar-refractivity contribution in [2.24, 2.45) is 0 Å². The van der Waals surface area contributed by atoms with Gasteiger partial charge in [0.15, 0.2) is 0 Å². The van der Waals surface area contributed by atoms with Crippen molar-refractivity contribution in [1.82, 2.24) is 14.5 Å².